The van der Waals surface area contributed by atoms with Crippen LogP contribution in [-0.4, -0.2) is 22.5 Å². The fraction of sp³-hybridized carbons (Fsp3) is 0.231. The van der Waals surface area contributed by atoms with Crippen molar-refractivity contribution in [2.45, 2.75) is 13.8 Å². The van der Waals surface area contributed by atoms with Crippen molar-refractivity contribution in [1.82, 2.24) is 9.97 Å². The van der Waals surface area contributed by atoms with Crippen molar-refractivity contribution >= 4 is 5.97 Å². The zero-order valence-corrected chi connectivity index (χ0v) is 10.2. The highest BCUT2D eigenvalue weighted by molar-refractivity contribution is 5.89. The van der Waals surface area contributed by atoms with E-state index >= 15 is 0 Å². The Morgan fingerprint density at radius 1 is 1.50 bits per heavy atom. The van der Waals surface area contributed by atoms with Crippen molar-refractivity contribution < 1.29 is 13.9 Å². The van der Waals surface area contributed by atoms with Crippen LogP contribution in [0.15, 0.2) is 24.3 Å². The van der Waals surface area contributed by atoms with E-state index in [0.29, 0.717) is 23.7 Å². The van der Waals surface area contributed by atoms with Crippen LogP contribution in [0.25, 0.3) is 11.4 Å². The molecule has 0 saturated heterocycles. The van der Waals surface area contributed by atoms with E-state index in [0.717, 1.165) is 0 Å². The van der Waals surface area contributed by atoms with E-state index in [1.54, 1.807) is 26.0 Å². The number of aromatic nitrogens is 2. The van der Waals surface area contributed by atoms with Gasteiger partial charge in [0, 0.05) is 11.3 Å². The van der Waals surface area contributed by atoms with Crippen molar-refractivity contribution in [3.05, 3.63) is 41.5 Å². The van der Waals surface area contributed by atoms with Crippen LogP contribution in [0.2, 0.25) is 0 Å². The topological polar surface area (TPSA) is 55.0 Å². The molecular formula is C13H13FN2O2. The molecule has 0 atom stereocenters. The smallest absolute Gasteiger partial charge is 0.358 e. The Morgan fingerprint density at radius 3 is 2.94 bits per heavy atom. The molecule has 1 heterocycles. The first kappa shape index (κ1) is 12.3. The van der Waals surface area contributed by atoms with Crippen LogP contribution in [-0.2, 0) is 4.74 Å². The molecule has 1 N–H and O–H groups in total. The number of nitrogens with one attached hydrogen (secondary N) is 1. The van der Waals surface area contributed by atoms with Gasteiger partial charge in [-0.2, -0.15) is 0 Å². The minimum Gasteiger partial charge on any atom is -0.461 e. The Kier molecular flexibility index (Phi) is 3.41. The molecule has 0 aliphatic carbocycles. The van der Waals surface area contributed by atoms with E-state index in [-0.39, 0.29) is 11.5 Å². The van der Waals surface area contributed by atoms with E-state index < -0.39 is 5.97 Å². The second-order valence-electron chi connectivity index (χ2n) is 3.79. The van der Waals surface area contributed by atoms with Gasteiger partial charge in [-0.25, -0.2) is 14.2 Å². The number of carbonyl (C=O) groups excluding carboxylic acids is 1. The first-order valence-electron chi connectivity index (χ1n) is 5.61. The van der Waals surface area contributed by atoms with Crippen molar-refractivity contribution in [3.63, 3.8) is 0 Å². The first-order chi connectivity index (χ1) is 8.61. The summed E-state index contributed by atoms with van der Waals surface area (Å²) in [7, 11) is 0. The highest BCUT2D eigenvalue weighted by atomic mass is 19.1. The highest BCUT2D eigenvalue weighted by Gasteiger charge is 2.16. The van der Waals surface area contributed by atoms with Gasteiger partial charge < -0.3 is 9.72 Å². The number of nitrogens with zero attached hydrogens (tertiary/aromatic N) is 1. The Bertz CT molecular complexity index is 578. The Balaban J connectivity index is 2.37. The molecule has 1 aromatic heterocycles. The van der Waals surface area contributed by atoms with Gasteiger partial charge >= 0.3 is 5.97 Å². The quantitative estimate of drug-likeness (QED) is 0.850. The molecule has 18 heavy (non-hydrogen) atoms. The third kappa shape index (κ3) is 2.40. The van der Waals surface area contributed by atoms with Crippen molar-refractivity contribution in [2.24, 2.45) is 0 Å². The van der Waals surface area contributed by atoms with Crippen LogP contribution in [0, 0.1) is 12.7 Å². The molecule has 0 bridgehead atoms. The van der Waals surface area contributed by atoms with E-state index in [9.17, 15) is 9.18 Å². The van der Waals surface area contributed by atoms with Crippen LogP contribution < -0.4 is 0 Å². The van der Waals surface area contributed by atoms with Gasteiger partial charge in [0.15, 0.2) is 5.69 Å². The Hall–Kier alpha value is -2.17. The Labute approximate surface area is 104 Å². The predicted molar refractivity (Wildman–Crippen MR) is 64.7 cm³/mol. The largest absolute Gasteiger partial charge is 0.461 e. The van der Waals surface area contributed by atoms with E-state index in [4.69, 9.17) is 4.74 Å². The van der Waals surface area contributed by atoms with Gasteiger partial charge in [-0.05, 0) is 26.0 Å². The maximum atomic E-state index is 13.1. The van der Waals surface area contributed by atoms with Crippen molar-refractivity contribution in [2.75, 3.05) is 6.61 Å². The molecule has 2 aromatic rings. The molecule has 4 nitrogen and oxygen atoms in total. The Morgan fingerprint density at radius 2 is 2.28 bits per heavy atom. The minimum absolute atomic E-state index is 0.233. The van der Waals surface area contributed by atoms with E-state index in [1.165, 1.54) is 12.1 Å². The number of carbonyl (C=O) groups is 1. The van der Waals surface area contributed by atoms with E-state index in [2.05, 4.69) is 9.97 Å². The second-order valence-corrected chi connectivity index (χ2v) is 3.79. The number of ether oxygens (including phenoxy) is 1. The predicted octanol–water partition coefficient (Wildman–Crippen LogP) is 2.70. The third-order valence-electron chi connectivity index (χ3n) is 2.45. The number of aryl methyl sites for hydroxylation is 1. The third-order valence-corrected chi connectivity index (χ3v) is 2.45. The zero-order valence-electron chi connectivity index (χ0n) is 10.2. The lowest BCUT2D eigenvalue weighted by atomic mass is 10.2. The number of halogens is 1. The molecule has 0 spiro atoms. The first-order valence-corrected chi connectivity index (χ1v) is 5.61. The number of hydrogen-bond acceptors (Lipinski definition) is 3. The van der Waals surface area contributed by atoms with Crippen LogP contribution in [0.4, 0.5) is 4.39 Å². The molecule has 5 heteroatoms. The summed E-state index contributed by atoms with van der Waals surface area (Å²) >= 11 is 0. The number of aromatic amines is 1. The maximum absolute atomic E-state index is 13.1. The van der Waals surface area contributed by atoms with Gasteiger partial charge in [-0.3, -0.25) is 0 Å². The molecule has 0 aliphatic rings. The summed E-state index contributed by atoms with van der Waals surface area (Å²) in [6.45, 7) is 3.75. The number of esters is 1. The van der Waals surface area contributed by atoms with Crippen molar-refractivity contribution in [1.29, 1.82) is 0 Å². The number of imidazole rings is 1. The second kappa shape index (κ2) is 5.00. The molecule has 0 saturated carbocycles. The van der Waals surface area contributed by atoms with Crippen LogP contribution in [0.1, 0.15) is 23.1 Å². The molecule has 0 aliphatic heterocycles. The fourth-order valence-corrected chi connectivity index (χ4v) is 1.63. The summed E-state index contributed by atoms with van der Waals surface area (Å²) < 4.78 is 18.0. The average Bonchev–Trinajstić information content (AvgIpc) is 2.72. The van der Waals surface area contributed by atoms with Gasteiger partial charge in [-0.1, -0.05) is 12.1 Å². The van der Waals surface area contributed by atoms with Crippen LogP contribution >= 0.6 is 0 Å². The SMILES string of the molecule is CCOC(=O)c1nc(-c2cccc(F)c2)[nH]c1C. The number of H-pyrrole nitrogens is 1. The van der Waals surface area contributed by atoms with Gasteiger partial charge in [0.25, 0.3) is 0 Å². The molecule has 1 aromatic carbocycles. The lowest BCUT2D eigenvalue weighted by Gasteiger charge is -1.97. The zero-order chi connectivity index (χ0) is 13.1. The maximum Gasteiger partial charge on any atom is 0.358 e. The van der Waals surface area contributed by atoms with Gasteiger partial charge in [0.2, 0.25) is 0 Å². The molecule has 0 fully saturated rings. The summed E-state index contributed by atoms with van der Waals surface area (Å²) in [5, 5.41) is 0. The lowest BCUT2D eigenvalue weighted by molar-refractivity contribution is 0.0519. The summed E-state index contributed by atoms with van der Waals surface area (Å²) in [6, 6.07) is 6.02. The van der Waals surface area contributed by atoms with Crippen LogP contribution in [0.5, 0.6) is 0 Å². The molecular weight excluding hydrogens is 235 g/mol. The average molecular weight is 248 g/mol. The highest BCUT2D eigenvalue weighted by Crippen LogP contribution is 2.19. The lowest BCUT2D eigenvalue weighted by Crippen LogP contribution is -2.06. The summed E-state index contributed by atoms with van der Waals surface area (Å²) in [6.07, 6.45) is 0. The summed E-state index contributed by atoms with van der Waals surface area (Å²) in [5.74, 6) is -0.372. The number of benzene rings is 1. The molecule has 94 valence electrons. The standard InChI is InChI=1S/C13H13FN2O2/c1-3-18-13(17)11-8(2)15-12(16-11)9-5-4-6-10(14)7-9/h4-7H,3H2,1-2H3,(H,15,16). The fourth-order valence-electron chi connectivity index (χ4n) is 1.63. The molecule has 0 unspecified atom stereocenters. The van der Waals surface area contributed by atoms with E-state index in [1.807, 2.05) is 0 Å². The van der Waals surface area contributed by atoms with Crippen molar-refractivity contribution in [3.8, 4) is 11.4 Å². The van der Waals surface area contributed by atoms with Gasteiger partial charge in [0.1, 0.15) is 11.6 Å². The van der Waals surface area contributed by atoms with Crippen LogP contribution in [0.3, 0.4) is 0 Å². The number of rotatable bonds is 3. The van der Waals surface area contributed by atoms with Gasteiger partial charge in [-0.15, -0.1) is 0 Å². The molecule has 0 radical (unpaired) electrons. The summed E-state index contributed by atoms with van der Waals surface area (Å²) in [5.41, 5.74) is 1.43. The normalized spacial score (nSPS) is 10.4. The minimum atomic E-state index is -0.478. The molecule has 2 rings (SSSR count). The number of hydrogen-bond donors (Lipinski definition) is 1. The monoisotopic (exact) mass is 248 g/mol. The van der Waals surface area contributed by atoms with Gasteiger partial charge in [0.05, 0.1) is 6.61 Å². The molecule has 0 amide bonds. The summed E-state index contributed by atoms with van der Waals surface area (Å²) in [4.78, 5) is 18.7.